The van der Waals surface area contributed by atoms with E-state index >= 15 is 0 Å². The number of carbonyl (C=O) groups excluding carboxylic acids is 1. The first-order valence-electron chi connectivity index (χ1n) is 7.56. The van der Waals surface area contributed by atoms with E-state index in [0.29, 0.717) is 5.75 Å². The van der Waals surface area contributed by atoms with Gasteiger partial charge >= 0.3 is 0 Å². The summed E-state index contributed by atoms with van der Waals surface area (Å²) in [6, 6.07) is 11.7. The van der Waals surface area contributed by atoms with E-state index in [2.05, 4.69) is 36.8 Å². The first-order chi connectivity index (χ1) is 12.0. The number of carbonyl (C=O) groups is 1. The van der Waals surface area contributed by atoms with E-state index in [0.717, 1.165) is 31.9 Å². The Kier molecular flexibility index (Phi) is 5.50. The molecule has 1 amide bonds. The Labute approximate surface area is 158 Å². The summed E-state index contributed by atoms with van der Waals surface area (Å²) < 4.78 is 2.63. The lowest BCUT2D eigenvalue weighted by Crippen LogP contribution is -2.14. The molecule has 25 heavy (non-hydrogen) atoms. The van der Waals surface area contributed by atoms with Gasteiger partial charge < -0.3 is 5.32 Å². The molecule has 0 saturated heterocycles. The van der Waals surface area contributed by atoms with Gasteiger partial charge in [-0.3, -0.25) is 4.79 Å². The number of thioether (sulfide) groups is 1. The average Bonchev–Trinajstić information content (AvgIpc) is 3.08. The molecular formula is C17H16BrN5OS. The predicted molar refractivity (Wildman–Crippen MR) is 102 cm³/mol. The third-order valence-corrected chi connectivity index (χ3v) is 5.24. The first kappa shape index (κ1) is 17.6. The van der Waals surface area contributed by atoms with Crippen LogP contribution in [-0.4, -0.2) is 31.9 Å². The zero-order valence-corrected chi connectivity index (χ0v) is 16.1. The van der Waals surface area contributed by atoms with E-state index in [9.17, 15) is 4.79 Å². The smallest absolute Gasteiger partial charge is 0.234 e. The number of tetrazole rings is 1. The van der Waals surface area contributed by atoms with Gasteiger partial charge in [-0.15, -0.1) is 16.9 Å². The third kappa shape index (κ3) is 4.46. The zero-order valence-electron chi connectivity index (χ0n) is 13.7. The number of nitrogens with one attached hydrogen (secondary N) is 1. The molecule has 0 bridgehead atoms. The Bertz CT molecular complexity index is 898. The van der Waals surface area contributed by atoms with Crippen molar-refractivity contribution in [3.8, 4) is 5.69 Å². The third-order valence-electron chi connectivity index (χ3n) is 3.57. The zero-order chi connectivity index (χ0) is 17.8. The normalized spacial score (nSPS) is 10.7. The topological polar surface area (TPSA) is 72.7 Å². The molecule has 8 heteroatoms. The molecule has 128 valence electrons. The molecule has 0 aliphatic carbocycles. The Morgan fingerprint density at radius 3 is 2.72 bits per heavy atom. The van der Waals surface area contributed by atoms with Gasteiger partial charge in [-0.25, -0.2) is 4.68 Å². The molecule has 0 spiro atoms. The Morgan fingerprint density at radius 2 is 2.04 bits per heavy atom. The van der Waals surface area contributed by atoms with E-state index in [1.54, 1.807) is 4.68 Å². The quantitative estimate of drug-likeness (QED) is 0.639. The number of halogens is 1. The fourth-order valence-corrected chi connectivity index (χ4v) is 3.66. The highest BCUT2D eigenvalue weighted by atomic mass is 79.9. The van der Waals surface area contributed by atoms with Gasteiger partial charge in [-0.2, -0.15) is 0 Å². The maximum atomic E-state index is 12.2. The summed E-state index contributed by atoms with van der Waals surface area (Å²) in [5.74, 6) is 0.317. The Hall–Kier alpha value is -2.19. The van der Waals surface area contributed by atoms with Crippen LogP contribution >= 0.6 is 27.7 Å². The van der Waals surface area contributed by atoms with Crippen molar-refractivity contribution in [1.29, 1.82) is 0 Å². The second-order valence-corrected chi connectivity index (χ2v) is 7.44. The highest BCUT2D eigenvalue weighted by molar-refractivity contribution is 9.10. The van der Waals surface area contributed by atoms with Crippen molar-refractivity contribution in [2.75, 3.05) is 11.1 Å². The molecule has 0 aliphatic rings. The number of hydrogen-bond acceptors (Lipinski definition) is 5. The van der Waals surface area contributed by atoms with Crippen LogP contribution in [0.4, 0.5) is 5.69 Å². The minimum Gasteiger partial charge on any atom is -0.325 e. The summed E-state index contributed by atoms with van der Waals surface area (Å²) in [7, 11) is 0. The molecule has 3 aromatic rings. The van der Waals surface area contributed by atoms with Crippen molar-refractivity contribution < 1.29 is 4.79 Å². The van der Waals surface area contributed by atoms with E-state index in [4.69, 9.17) is 0 Å². The number of benzene rings is 2. The molecule has 0 radical (unpaired) electrons. The van der Waals surface area contributed by atoms with Crippen LogP contribution in [0.25, 0.3) is 5.69 Å². The van der Waals surface area contributed by atoms with Gasteiger partial charge in [0.25, 0.3) is 0 Å². The Balaban J connectivity index is 1.62. The van der Waals surface area contributed by atoms with Crippen LogP contribution in [0.2, 0.25) is 0 Å². The van der Waals surface area contributed by atoms with E-state index in [-0.39, 0.29) is 5.91 Å². The van der Waals surface area contributed by atoms with Crippen molar-refractivity contribution in [2.45, 2.75) is 18.7 Å². The SMILES string of the molecule is Cc1cc(Br)ccc1SCC(=O)Nc1ccc(-n2cnnn2)c(C)c1. The number of anilines is 1. The summed E-state index contributed by atoms with van der Waals surface area (Å²) >= 11 is 4.97. The van der Waals surface area contributed by atoms with Crippen molar-refractivity contribution in [2.24, 2.45) is 0 Å². The highest BCUT2D eigenvalue weighted by Gasteiger charge is 2.08. The number of rotatable bonds is 5. The molecule has 2 aromatic carbocycles. The number of amides is 1. The molecular weight excluding hydrogens is 402 g/mol. The standard InChI is InChI=1S/C17H16BrN5OS/c1-11-8-14(4-5-15(11)23-10-19-21-22-23)20-17(24)9-25-16-6-3-13(18)7-12(16)2/h3-8,10H,9H2,1-2H3,(H,20,24). The predicted octanol–water partition coefficient (Wildman–Crippen LogP) is 3.77. The van der Waals surface area contributed by atoms with Gasteiger partial charge in [0.1, 0.15) is 6.33 Å². The van der Waals surface area contributed by atoms with Crippen molar-refractivity contribution >= 4 is 39.3 Å². The van der Waals surface area contributed by atoms with Crippen molar-refractivity contribution in [1.82, 2.24) is 20.2 Å². The van der Waals surface area contributed by atoms with Crippen LogP contribution in [0.15, 0.2) is 52.1 Å². The molecule has 1 heterocycles. The van der Waals surface area contributed by atoms with Crippen LogP contribution in [0.3, 0.4) is 0 Å². The lowest BCUT2D eigenvalue weighted by Gasteiger charge is -2.10. The molecule has 6 nitrogen and oxygen atoms in total. The minimum atomic E-state index is -0.0399. The largest absolute Gasteiger partial charge is 0.325 e. The van der Waals surface area contributed by atoms with Gasteiger partial charge in [0.05, 0.1) is 11.4 Å². The average molecular weight is 418 g/mol. The highest BCUT2D eigenvalue weighted by Crippen LogP contribution is 2.25. The van der Waals surface area contributed by atoms with Gasteiger partial charge in [-0.05, 0) is 71.8 Å². The lowest BCUT2D eigenvalue weighted by atomic mass is 10.2. The fraction of sp³-hybridized carbons (Fsp3) is 0.176. The number of nitrogens with zero attached hydrogens (tertiary/aromatic N) is 4. The lowest BCUT2D eigenvalue weighted by molar-refractivity contribution is -0.113. The summed E-state index contributed by atoms with van der Waals surface area (Å²) in [5.41, 5.74) is 3.76. The molecule has 0 atom stereocenters. The van der Waals surface area contributed by atoms with Crippen LogP contribution in [0, 0.1) is 13.8 Å². The van der Waals surface area contributed by atoms with Crippen LogP contribution in [-0.2, 0) is 4.79 Å². The molecule has 0 saturated carbocycles. The monoisotopic (exact) mass is 417 g/mol. The molecule has 0 aliphatic heterocycles. The van der Waals surface area contributed by atoms with Gasteiger partial charge in [0.2, 0.25) is 5.91 Å². The first-order valence-corrected chi connectivity index (χ1v) is 9.33. The number of hydrogen-bond donors (Lipinski definition) is 1. The van der Waals surface area contributed by atoms with Crippen LogP contribution < -0.4 is 5.32 Å². The molecule has 1 N–H and O–H groups in total. The summed E-state index contributed by atoms with van der Waals surface area (Å²) in [6.45, 7) is 3.98. The summed E-state index contributed by atoms with van der Waals surface area (Å²) in [6.07, 6.45) is 1.54. The van der Waals surface area contributed by atoms with E-state index in [1.165, 1.54) is 18.1 Å². The van der Waals surface area contributed by atoms with Crippen LogP contribution in [0.5, 0.6) is 0 Å². The summed E-state index contributed by atoms with van der Waals surface area (Å²) in [4.78, 5) is 13.3. The van der Waals surface area contributed by atoms with Crippen LogP contribution in [0.1, 0.15) is 11.1 Å². The van der Waals surface area contributed by atoms with Gasteiger partial charge in [0, 0.05) is 15.1 Å². The fourth-order valence-electron chi connectivity index (χ4n) is 2.38. The second kappa shape index (κ2) is 7.79. The maximum absolute atomic E-state index is 12.2. The molecule has 0 fully saturated rings. The van der Waals surface area contributed by atoms with E-state index < -0.39 is 0 Å². The van der Waals surface area contributed by atoms with Crippen molar-refractivity contribution in [3.05, 3.63) is 58.3 Å². The van der Waals surface area contributed by atoms with E-state index in [1.807, 2.05) is 50.2 Å². The number of aryl methyl sites for hydroxylation is 2. The molecule has 0 unspecified atom stereocenters. The molecule has 3 rings (SSSR count). The maximum Gasteiger partial charge on any atom is 0.234 e. The second-order valence-electron chi connectivity index (χ2n) is 5.50. The summed E-state index contributed by atoms with van der Waals surface area (Å²) in [5, 5.41) is 14.1. The minimum absolute atomic E-state index is 0.0399. The Morgan fingerprint density at radius 1 is 1.20 bits per heavy atom. The molecule has 1 aromatic heterocycles. The van der Waals surface area contributed by atoms with Crippen molar-refractivity contribution in [3.63, 3.8) is 0 Å². The van der Waals surface area contributed by atoms with Gasteiger partial charge in [-0.1, -0.05) is 15.9 Å². The number of aromatic nitrogens is 4. The van der Waals surface area contributed by atoms with Gasteiger partial charge in [0.15, 0.2) is 0 Å².